The van der Waals surface area contributed by atoms with Gasteiger partial charge in [0.2, 0.25) is 5.91 Å². The largest absolute Gasteiger partial charge is 0.493 e. The molecule has 0 aliphatic heterocycles. The van der Waals surface area contributed by atoms with Crippen LogP contribution in [0.3, 0.4) is 0 Å². The van der Waals surface area contributed by atoms with E-state index in [0.29, 0.717) is 19.4 Å². The molecule has 0 fully saturated rings. The molecule has 158 valence electrons. The van der Waals surface area contributed by atoms with Gasteiger partial charge in [0.25, 0.3) is 0 Å². The highest BCUT2D eigenvalue weighted by molar-refractivity contribution is 5.98. The van der Waals surface area contributed by atoms with Crippen LogP contribution < -0.4 is 10.5 Å². The number of ether oxygens (including phenoxy) is 2. The highest BCUT2D eigenvalue weighted by Gasteiger charge is 2.29. The molecule has 8 heteroatoms. The number of hydrogen-bond donors (Lipinski definition) is 1. The summed E-state index contributed by atoms with van der Waals surface area (Å²) in [6, 6.07) is 4.69. The summed E-state index contributed by atoms with van der Waals surface area (Å²) in [4.78, 5) is 23.9. The average molecular weight is 403 g/mol. The molecule has 28 heavy (non-hydrogen) atoms. The summed E-state index contributed by atoms with van der Waals surface area (Å²) in [6.45, 7) is 4.47. The Balaban J connectivity index is 3.03. The first-order valence-corrected chi connectivity index (χ1v) is 9.19. The van der Waals surface area contributed by atoms with Crippen molar-refractivity contribution in [2.24, 2.45) is 17.6 Å². The zero-order chi connectivity index (χ0) is 21.3. The lowest BCUT2D eigenvalue weighted by Crippen LogP contribution is -2.29. The molecule has 0 saturated carbocycles. The Kier molecular flexibility index (Phi) is 9.45. The molecule has 0 bridgehead atoms. The molecule has 1 aromatic rings. The molecule has 0 aromatic heterocycles. The Morgan fingerprint density at radius 3 is 2.39 bits per heavy atom. The van der Waals surface area contributed by atoms with Crippen molar-refractivity contribution in [2.75, 3.05) is 20.3 Å². The number of alkyl halides is 3. The smallest absolute Gasteiger partial charge is 0.389 e. The maximum atomic E-state index is 12.4. The van der Waals surface area contributed by atoms with Crippen LogP contribution in [0, 0.1) is 11.8 Å². The quantitative estimate of drug-likeness (QED) is 0.424. The molecule has 0 radical (unpaired) electrons. The van der Waals surface area contributed by atoms with E-state index in [-0.39, 0.29) is 23.8 Å². The van der Waals surface area contributed by atoms with Gasteiger partial charge in [0, 0.05) is 32.5 Å². The molecule has 0 aliphatic carbocycles. The topological polar surface area (TPSA) is 78.6 Å². The first-order valence-electron chi connectivity index (χ1n) is 9.19. The van der Waals surface area contributed by atoms with E-state index in [0.717, 1.165) is 5.56 Å². The predicted octanol–water partition coefficient (Wildman–Crippen LogP) is 3.93. The Morgan fingerprint density at radius 1 is 1.18 bits per heavy atom. The minimum atomic E-state index is -4.40. The number of primary amides is 1. The molecule has 2 N–H and O–H groups in total. The van der Waals surface area contributed by atoms with Crippen molar-refractivity contribution >= 4 is 11.7 Å². The summed E-state index contributed by atoms with van der Waals surface area (Å²) in [5, 5.41) is 0. The first-order chi connectivity index (χ1) is 13.0. The fourth-order valence-electron chi connectivity index (χ4n) is 2.74. The normalized spacial score (nSPS) is 12.8. The number of benzene rings is 1. The average Bonchev–Trinajstić information content (AvgIpc) is 2.60. The van der Waals surface area contributed by atoms with Gasteiger partial charge in [0.15, 0.2) is 5.78 Å². The minimum absolute atomic E-state index is 0.0247. The summed E-state index contributed by atoms with van der Waals surface area (Å²) in [6.07, 6.45) is -5.31. The van der Waals surface area contributed by atoms with Gasteiger partial charge in [0.1, 0.15) is 5.75 Å². The Labute approximate surface area is 163 Å². The molecular weight excluding hydrogens is 375 g/mol. The van der Waals surface area contributed by atoms with Gasteiger partial charge in [-0.25, -0.2) is 0 Å². The fraction of sp³-hybridized carbons (Fsp3) is 0.600. The Bertz CT molecular complexity index is 659. The van der Waals surface area contributed by atoms with E-state index >= 15 is 0 Å². The summed E-state index contributed by atoms with van der Waals surface area (Å²) in [5.74, 6) is -1.22. The van der Waals surface area contributed by atoms with E-state index < -0.39 is 36.6 Å². The second-order valence-electron chi connectivity index (χ2n) is 7.02. The number of carbonyl (C=O) groups is 2. The number of rotatable bonds is 12. The second kappa shape index (κ2) is 11.0. The molecule has 1 unspecified atom stereocenters. The van der Waals surface area contributed by atoms with Gasteiger partial charge in [0.05, 0.1) is 18.6 Å². The van der Waals surface area contributed by atoms with Crippen molar-refractivity contribution in [2.45, 2.75) is 45.7 Å². The number of ketones is 1. The van der Waals surface area contributed by atoms with Crippen molar-refractivity contribution in [3.8, 4) is 5.75 Å². The van der Waals surface area contributed by atoms with Crippen LogP contribution in [0.5, 0.6) is 5.75 Å². The SMILES string of the molecule is COCCCOc1cc(CC(C(N)=O)C(C)C)ccc1C(=O)CCC(F)(F)F. The third kappa shape index (κ3) is 8.29. The summed E-state index contributed by atoms with van der Waals surface area (Å²) >= 11 is 0. The summed E-state index contributed by atoms with van der Waals surface area (Å²) < 4.78 is 47.9. The fourth-order valence-corrected chi connectivity index (χ4v) is 2.74. The van der Waals surface area contributed by atoms with Crippen LogP contribution in [-0.4, -0.2) is 38.2 Å². The monoisotopic (exact) mass is 403 g/mol. The lowest BCUT2D eigenvalue weighted by Gasteiger charge is -2.19. The van der Waals surface area contributed by atoms with Gasteiger partial charge < -0.3 is 15.2 Å². The summed E-state index contributed by atoms with van der Waals surface area (Å²) in [5.41, 5.74) is 6.28. The molecule has 0 heterocycles. The molecule has 0 saturated heterocycles. The van der Waals surface area contributed by atoms with Crippen molar-refractivity contribution < 1.29 is 32.2 Å². The highest BCUT2D eigenvalue weighted by Crippen LogP contribution is 2.28. The van der Waals surface area contributed by atoms with Crippen molar-refractivity contribution in [1.29, 1.82) is 0 Å². The van der Waals surface area contributed by atoms with E-state index in [1.807, 2.05) is 13.8 Å². The van der Waals surface area contributed by atoms with E-state index in [1.165, 1.54) is 6.07 Å². The van der Waals surface area contributed by atoms with Crippen LogP contribution in [0.1, 0.15) is 49.0 Å². The van der Waals surface area contributed by atoms with Crippen LogP contribution in [0.15, 0.2) is 18.2 Å². The van der Waals surface area contributed by atoms with Crippen molar-refractivity contribution in [1.82, 2.24) is 0 Å². The van der Waals surface area contributed by atoms with Gasteiger partial charge in [-0.3, -0.25) is 9.59 Å². The molecule has 5 nitrogen and oxygen atoms in total. The van der Waals surface area contributed by atoms with Crippen LogP contribution in [0.25, 0.3) is 0 Å². The van der Waals surface area contributed by atoms with Crippen LogP contribution in [0.4, 0.5) is 13.2 Å². The number of hydrogen-bond acceptors (Lipinski definition) is 4. The van der Waals surface area contributed by atoms with Gasteiger partial charge in [-0.05, 0) is 30.0 Å². The summed E-state index contributed by atoms with van der Waals surface area (Å²) in [7, 11) is 1.54. The lowest BCUT2D eigenvalue weighted by atomic mass is 9.88. The number of Topliss-reactive ketones (excluding diaryl/α,β-unsaturated/α-hetero) is 1. The zero-order valence-corrected chi connectivity index (χ0v) is 16.5. The molecular formula is C20H28F3NO4. The first kappa shape index (κ1) is 23.9. The predicted molar refractivity (Wildman–Crippen MR) is 99.3 cm³/mol. The zero-order valence-electron chi connectivity index (χ0n) is 16.5. The van der Waals surface area contributed by atoms with Crippen molar-refractivity contribution in [3.05, 3.63) is 29.3 Å². The number of halogens is 3. The number of methoxy groups -OCH3 is 1. The molecule has 0 aliphatic rings. The van der Waals surface area contributed by atoms with Gasteiger partial charge in [-0.1, -0.05) is 19.9 Å². The van der Waals surface area contributed by atoms with Crippen LogP contribution in [-0.2, 0) is 16.0 Å². The molecule has 1 amide bonds. The third-order valence-electron chi connectivity index (χ3n) is 4.36. The van der Waals surface area contributed by atoms with Gasteiger partial charge >= 0.3 is 6.18 Å². The van der Waals surface area contributed by atoms with Crippen LogP contribution >= 0.6 is 0 Å². The highest BCUT2D eigenvalue weighted by atomic mass is 19.4. The van der Waals surface area contributed by atoms with Crippen molar-refractivity contribution in [3.63, 3.8) is 0 Å². The number of carbonyl (C=O) groups excluding carboxylic acids is 2. The maximum Gasteiger partial charge on any atom is 0.389 e. The Morgan fingerprint density at radius 2 is 1.86 bits per heavy atom. The molecule has 0 spiro atoms. The minimum Gasteiger partial charge on any atom is -0.493 e. The van der Waals surface area contributed by atoms with E-state index in [1.54, 1.807) is 19.2 Å². The van der Waals surface area contributed by atoms with E-state index in [2.05, 4.69) is 0 Å². The van der Waals surface area contributed by atoms with Crippen LogP contribution in [0.2, 0.25) is 0 Å². The second-order valence-corrected chi connectivity index (χ2v) is 7.02. The molecule has 1 atom stereocenters. The number of amides is 1. The van der Waals surface area contributed by atoms with Gasteiger partial charge in [-0.2, -0.15) is 13.2 Å². The van der Waals surface area contributed by atoms with E-state index in [9.17, 15) is 22.8 Å². The molecule has 1 aromatic carbocycles. The lowest BCUT2D eigenvalue weighted by molar-refractivity contribution is -0.133. The third-order valence-corrected chi connectivity index (χ3v) is 4.36. The standard InChI is InChI=1S/C20H28F3NO4/c1-13(2)16(19(24)26)11-14-5-6-15(17(25)7-8-20(21,22)23)18(12-14)28-10-4-9-27-3/h5-6,12-13,16H,4,7-11H2,1-3H3,(H2,24,26). The van der Waals surface area contributed by atoms with Gasteiger partial charge in [-0.15, -0.1) is 0 Å². The van der Waals surface area contributed by atoms with E-state index in [4.69, 9.17) is 15.2 Å². The Hall–Kier alpha value is -2.09. The maximum absolute atomic E-state index is 12.4. The number of nitrogens with two attached hydrogens (primary N) is 1. The molecule has 1 rings (SSSR count).